The fourth-order valence-electron chi connectivity index (χ4n) is 8.63. The number of likely N-dealkylation sites (tertiary alicyclic amines) is 1. The number of hydrogen-bond donors (Lipinski definition) is 3. The monoisotopic (exact) mass is 758 g/mol. The molecule has 286 valence electrons. The summed E-state index contributed by atoms with van der Waals surface area (Å²) in [5, 5.41) is 17.8. The van der Waals surface area contributed by atoms with Crippen molar-refractivity contribution in [1.82, 2.24) is 30.5 Å². The molecule has 0 saturated carbocycles. The molecule has 56 heavy (non-hydrogen) atoms. The predicted octanol–water partition coefficient (Wildman–Crippen LogP) is 5.49. The number of hydrogen-bond acceptors (Lipinski definition) is 10. The topological polar surface area (TPSA) is 136 Å². The Morgan fingerprint density at radius 1 is 0.982 bits per heavy atom. The number of ether oxygens (including phenoxy) is 1. The number of carbonyl (C=O) groups excluding carboxylic acids is 2. The Morgan fingerprint density at radius 3 is 2.55 bits per heavy atom. The number of fused-ring (bicyclic) bond motifs is 4. The molecule has 3 amide bonds. The maximum absolute atomic E-state index is 16.9. The van der Waals surface area contributed by atoms with Crippen LogP contribution in [0.1, 0.15) is 43.2 Å². The van der Waals surface area contributed by atoms with E-state index in [0.29, 0.717) is 54.9 Å². The van der Waals surface area contributed by atoms with Crippen molar-refractivity contribution in [3.8, 4) is 35.4 Å². The van der Waals surface area contributed by atoms with Crippen LogP contribution in [0.3, 0.4) is 0 Å². The van der Waals surface area contributed by atoms with Crippen LogP contribution in [-0.2, 0) is 11.3 Å². The lowest BCUT2D eigenvalue weighted by molar-refractivity contribution is -0.120. The van der Waals surface area contributed by atoms with Crippen molar-refractivity contribution >= 4 is 45.1 Å². The van der Waals surface area contributed by atoms with Gasteiger partial charge in [-0.05, 0) is 86.0 Å². The lowest BCUT2D eigenvalue weighted by Gasteiger charge is -2.34. The smallest absolute Gasteiger partial charge is 0.328 e. The number of nitrogens with one attached hydrogen (secondary N) is 2. The normalized spacial score (nSPS) is 20.4. The average molecular weight is 759 g/mol. The number of piperazine rings is 1. The summed E-state index contributed by atoms with van der Waals surface area (Å²) in [4.78, 5) is 44.1. The number of piperidine rings is 1. The molecule has 4 fully saturated rings. The molecule has 4 saturated heterocycles. The van der Waals surface area contributed by atoms with Crippen LogP contribution in [0.4, 0.5) is 25.1 Å². The highest BCUT2D eigenvalue weighted by atomic mass is 19.1. The number of phenols is 1. The van der Waals surface area contributed by atoms with E-state index in [4.69, 9.17) is 16.1 Å². The molecule has 0 spiro atoms. The van der Waals surface area contributed by atoms with Gasteiger partial charge in [0.05, 0.1) is 17.6 Å². The summed E-state index contributed by atoms with van der Waals surface area (Å²) < 4.78 is 38.1. The van der Waals surface area contributed by atoms with E-state index in [1.165, 1.54) is 30.5 Å². The highest BCUT2D eigenvalue weighted by Gasteiger charge is 2.35. The molecule has 2 atom stereocenters. The van der Waals surface area contributed by atoms with Gasteiger partial charge in [0.15, 0.2) is 5.82 Å². The second-order valence-electron chi connectivity index (χ2n) is 15.2. The number of benzene rings is 3. The molecule has 3 N–H and O–H groups in total. The second kappa shape index (κ2) is 14.6. The van der Waals surface area contributed by atoms with Crippen LogP contribution in [0.15, 0.2) is 54.7 Å². The zero-order valence-electron chi connectivity index (χ0n) is 30.6. The number of halogens is 2. The van der Waals surface area contributed by atoms with Crippen LogP contribution in [-0.4, -0.2) is 88.3 Å². The number of imide groups is 1. The second-order valence-corrected chi connectivity index (χ2v) is 15.2. The number of aromatic nitrogens is 3. The molecule has 3 aromatic carbocycles. The molecule has 14 heteroatoms. The van der Waals surface area contributed by atoms with Crippen molar-refractivity contribution in [1.29, 1.82) is 0 Å². The average Bonchev–Trinajstić information content (AvgIpc) is 3.54. The Labute approximate surface area is 321 Å². The molecule has 2 bridgehead atoms. The maximum atomic E-state index is 16.9. The van der Waals surface area contributed by atoms with Gasteiger partial charge in [-0.25, -0.2) is 13.6 Å². The van der Waals surface area contributed by atoms with Gasteiger partial charge in [-0.3, -0.25) is 24.9 Å². The number of aromatic hydroxyl groups is 1. The number of urea groups is 1. The van der Waals surface area contributed by atoms with Gasteiger partial charge in [0.1, 0.15) is 28.6 Å². The molecule has 0 radical (unpaired) electrons. The van der Waals surface area contributed by atoms with Gasteiger partial charge in [-0.2, -0.15) is 9.97 Å². The number of phenolic OH excluding ortho intramolecular Hbond substituents is 1. The van der Waals surface area contributed by atoms with Gasteiger partial charge >= 0.3 is 12.0 Å². The molecule has 0 aliphatic carbocycles. The molecule has 4 aliphatic rings. The summed E-state index contributed by atoms with van der Waals surface area (Å²) in [5.74, 6) is 1.37. The summed E-state index contributed by atoms with van der Waals surface area (Å²) in [6, 6.07) is 13.6. The number of amides is 3. The molecule has 6 heterocycles. The maximum Gasteiger partial charge on any atom is 0.328 e. The molecular formula is C42H40F2N8O4. The molecule has 5 aromatic rings. The molecular weight excluding hydrogens is 719 g/mol. The van der Waals surface area contributed by atoms with Crippen molar-refractivity contribution in [2.45, 2.75) is 50.7 Å². The number of rotatable bonds is 8. The van der Waals surface area contributed by atoms with E-state index >= 15 is 4.39 Å². The number of terminal acetylenes is 1. The largest absolute Gasteiger partial charge is 0.508 e. The lowest BCUT2D eigenvalue weighted by atomic mass is 9.96. The summed E-state index contributed by atoms with van der Waals surface area (Å²) in [6.07, 6.45) is 11.4. The number of nitrogens with zero attached hydrogens (tertiary/aromatic N) is 6. The van der Waals surface area contributed by atoms with Crippen LogP contribution >= 0.6 is 0 Å². The highest BCUT2D eigenvalue weighted by molar-refractivity contribution is 6.06. The Morgan fingerprint density at radius 2 is 1.79 bits per heavy atom. The first-order valence-corrected chi connectivity index (χ1v) is 19.1. The summed E-state index contributed by atoms with van der Waals surface area (Å²) in [6.45, 7) is 4.49. The standard InChI is InChI=1S/C42H40F2N8O4/c1-2-31-34(43)9-6-26-17-30(53)18-32(36(26)31)38-37(44)39-33(19-45-38)40(51-21-27-7-8-28(22-51)46-27)49-41(48-39)56-23-24-10-13-50(14-11-24)20-25-4-3-5-29(16-25)52-15-12-35(54)47-42(52)55/h1,3-6,9,16-19,24,27-28,46,53H,7-8,10-15,20-23H2,(H,47,54,55)/t27-,28+. The Hall–Kier alpha value is -5.91. The van der Waals surface area contributed by atoms with Crippen molar-refractivity contribution in [2.24, 2.45) is 5.92 Å². The fraction of sp³-hybridized carbons (Fsp3) is 0.357. The number of carbonyl (C=O) groups is 2. The van der Waals surface area contributed by atoms with Crippen LogP contribution in [0.2, 0.25) is 0 Å². The van der Waals surface area contributed by atoms with E-state index in [2.05, 4.69) is 36.3 Å². The minimum Gasteiger partial charge on any atom is -0.508 e. The van der Waals surface area contributed by atoms with Crippen LogP contribution in [0.5, 0.6) is 11.8 Å². The molecule has 0 unspecified atom stereocenters. The first-order chi connectivity index (χ1) is 27.2. The SMILES string of the molecule is C#Cc1c(F)ccc2cc(O)cc(-c3ncc4c(N5C[C@H]6CC[C@@H](C5)N6)nc(OCC5CCN(Cc6cccc(N7CCC(=O)NC7=O)c6)CC5)nc4c3F)c12. The summed E-state index contributed by atoms with van der Waals surface area (Å²) in [5.41, 5.74) is 1.84. The Bertz CT molecular complexity index is 2420. The third-order valence-electron chi connectivity index (χ3n) is 11.4. The van der Waals surface area contributed by atoms with Gasteiger partial charge < -0.3 is 20.1 Å². The minimum absolute atomic E-state index is 0.0155. The third kappa shape index (κ3) is 6.82. The van der Waals surface area contributed by atoms with Gasteiger partial charge in [0, 0.05) is 67.5 Å². The lowest BCUT2D eigenvalue weighted by Crippen LogP contribution is -2.51. The van der Waals surface area contributed by atoms with Crippen molar-refractivity contribution < 1.29 is 28.2 Å². The van der Waals surface area contributed by atoms with Crippen molar-refractivity contribution in [3.05, 3.63) is 77.5 Å². The number of pyridine rings is 1. The zero-order chi connectivity index (χ0) is 38.5. The van der Waals surface area contributed by atoms with E-state index < -0.39 is 17.7 Å². The van der Waals surface area contributed by atoms with Gasteiger partial charge in [-0.1, -0.05) is 24.1 Å². The first-order valence-electron chi connectivity index (χ1n) is 19.1. The van der Waals surface area contributed by atoms with Gasteiger partial charge in [0.25, 0.3) is 0 Å². The summed E-state index contributed by atoms with van der Waals surface area (Å²) in [7, 11) is 0. The van der Waals surface area contributed by atoms with Gasteiger partial charge in [-0.15, -0.1) is 6.42 Å². The van der Waals surface area contributed by atoms with Crippen molar-refractivity contribution in [3.63, 3.8) is 0 Å². The molecule has 9 rings (SSSR count). The Balaban J connectivity index is 0.961. The molecule has 2 aromatic heterocycles. The molecule has 12 nitrogen and oxygen atoms in total. The van der Waals surface area contributed by atoms with Gasteiger partial charge in [0.2, 0.25) is 5.91 Å². The fourth-order valence-corrected chi connectivity index (χ4v) is 8.63. The van der Waals surface area contributed by atoms with Crippen LogP contribution in [0.25, 0.3) is 32.9 Å². The van der Waals surface area contributed by atoms with E-state index in [1.807, 2.05) is 24.3 Å². The van der Waals surface area contributed by atoms with Crippen LogP contribution in [0, 0.1) is 29.9 Å². The zero-order valence-corrected chi connectivity index (χ0v) is 30.6. The quantitative estimate of drug-likeness (QED) is 0.175. The van der Waals surface area contributed by atoms with E-state index in [1.54, 1.807) is 4.90 Å². The van der Waals surface area contributed by atoms with Crippen LogP contribution < -0.4 is 25.2 Å². The molecule has 4 aliphatic heterocycles. The first kappa shape index (κ1) is 35.8. The highest BCUT2D eigenvalue weighted by Crippen LogP contribution is 2.39. The third-order valence-corrected chi connectivity index (χ3v) is 11.4. The predicted molar refractivity (Wildman–Crippen MR) is 207 cm³/mol. The van der Waals surface area contributed by atoms with E-state index in [0.717, 1.165) is 56.6 Å². The summed E-state index contributed by atoms with van der Waals surface area (Å²) >= 11 is 0. The Kier molecular flexibility index (Phi) is 9.35. The van der Waals surface area contributed by atoms with E-state index in [-0.39, 0.29) is 57.7 Å². The van der Waals surface area contributed by atoms with Crippen molar-refractivity contribution in [2.75, 3.05) is 49.1 Å². The number of anilines is 2. The van der Waals surface area contributed by atoms with E-state index in [9.17, 15) is 19.1 Å². The minimum atomic E-state index is -0.750.